The monoisotopic (exact) mass is 280 g/mol. The summed E-state index contributed by atoms with van der Waals surface area (Å²) in [5.74, 6) is 8.08. The van der Waals surface area contributed by atoms with Crippen molar-refractivity contribution in [3.63, 3.8) is 0 Å². The van der Waals surface area contributed by atoms with Gasteiger partial charge in [0.2, 0.25) is 0 Å². The molecule has 18 heavy (non-hydrogen) atoms. The third-order valence-corrected chi connectivity index (χ3v) is 4.65. The second-order valence-electron chi connectivity index (χ2n) is 3.93. The molecule has 1 amide bonds. The van der Waals surface area contributed by atoms with Crippen LogP contribution in [-0.4, -0.2) is 41.9 Å². The van der Waals surface area contributed by atoms with Crippen molar-refractivity contribution in [3.8, 4) is 11.8 Å². The van der Waals surface area contributed by atoms with Crippen molar-refractivity contribution < 1.29 is 4.79 Å². The smallest absolute Gasteiger partial charge is 0.265 e. The van der Waals surface area contributed by atoms with Gasteiger partial charge in [-0.05, 0) is 23.6 Å². The Labute approximate surface area is 116 Å². The number of thioether (sulfide) groups is 1. The van der Waals surface area contributed by atoms with Crippen molar-refractivity contribution in [3.05, 3.63) is 21.9 Å². The lowest BCUT2D eigenvalue weighted by Gasteiger charge is -2.19. The highest BCUT2D eigenvalue weighted by molar-refractivity contribution is 7.99. The van der Waals surface area contributed by atoms with Crippen molar-refractivity contribution in [2.24, 2.45) is 5.73 Å². The minimum absolute atomic E-state index is 0.119. The molecule has 96 valence electrons. The number of hydrogen-bond acceptors (Lipinski definition) is 4. The molecule has 5 heteroatoms. The molecule has 1 aliphatic heterocycles. The summed E-state index contributed by atoms with van der Waals surface area (Å²) in [6.07, 6.45) is 1.07. The standard InChI is InChI=1S/C13H16N2OS2/c14-5-1-3-11-4-9-18-12(11)13(16)15-6-2-8-17-10-7-15/h4,9H,2,5-8,10,14H2. The zero-order valence-electron chi connectivity index (χ0n) is 10.1. The lowest BCUT2D eigenvalue weighted by molar-refractivity contribution is 0.0773. The fraction of sp³-hybridized carbons (Fsp3) is 0.462. The van der Waals surface area contributed by atoms with Crippen LogP contribution in [0.3, 0.4) is 0 Å². The van der Waals surface area contributed by atoms with Crippen molar-refractivity contribution in [1.29, 1.82) is 0 Å². The van der Waals surface area contributed by atoms with Gasteiger partial charge < -0.3 is 10.6 Å². The van der Waals surface area contributed by atoms with Crippen LogP contribution in [0.1, 0.15) is 21.7 Å². The van der Waals surface area contributed by atoms with Crippen LogP contribution in [0, 0.1) is 11.8 Å². The molecule has 0 spiro atoms. The first-order valence-corrected chi connectivity index (χ1v) is 8.00. The number of carbonyl (C=O) groups is 1. The molecule has 1 fully saturated rings. The van der Waals surface area contributed by atoms with Gasteiger partial charge in [-0.2, -0.15) is 11.8 Å². The largest absolute Gasteiger partial charge is 0.337 e. The Kier molecular flexibility index (Phi) is 5.12. The SMILES string of the molecule is NCC#Cc1ccsc1C(=O)N1CCCSCC1. The molecule has 0 unspecified atom stereocenters. The van der Waals surface area contributed by atoms with Crippen molar-refractivity contribution in [2.75, 3.05) is 31.1 Å². The van der Waals surface area contributed by atoms with Crippen LogP contribution in [0.15, 0.2) is 11.4 Å². The quantitative estimate of drug-likeness (QED) is 0.796. The second-order valence-corrected chi connectivity index (χ2v) is 6.07. The molecule has 1 saturated heterocycles. The lowest BCUT2D eigenvalue weighted by Crippen LogP contribution is -2.32. The maximum atomic E-state index is 12.4. The highest BCUT2D eigenvalue weighted by atomic mass is 32.2. The van der Waals surface area contributed by atoms with Crippen molar-refractivity contribution in [2.45, 2.75) is 6.42 Å². The topological polar surface area (TPSA) is 46.3 Å². The van der Waals surface area contributed by atoms with E-state index in [-0.39, 0.29) is 5.91 Å². The van der Waals surface area contributed by atoms with E-state index in [9.17, 15) is 4.79 Å². The second kappa shape index (κ2) is 6.83. The fourth-order valence-corrected chi connectivity index (χ4v) is 3.52. The van der Waals surface area contributed by atoms with Crippen LogP contribution in [0.5, 0.6) is 0 Å². The molecule has 0 atom stereocenters. The average Bonchev–Trinajstić information content (AvgIpc) is 2.68. The third-order valence-electron chi connectivity index (χ3n) is 2.69. The predicted molar refractivity (Wildman–Crippen MR) is 78.1 cm³/mol. The number of thiophene rings is 1. The Bertz CT molecular complexity index is 465. The molecule has 0 radical (unpaired) electrons. The highest BCUT2D eigenvalue weighted by Crippen LogP contribution is 2.20. The zero-order valence-corrected chi connectivity index (χ0v) is 11.8. The van der Waals surface area contributed by atoms with E-state index in [0.29, 0.717) is 6.54 Å². The molecular weight excluding hydrogens is 264 g/mol. The lowest BCUT2D eigenvalue weighted by atomic mass is 10.2. The number of amides is 1. The Hall–Kier alpha value is -0.960. The first-order chi connectivity index (χ1) is 8.83. The minimum atomic E-state index is 0.119. The maximum absolute atomic E-state index is 12.4. The molecule has 2 heterocycles. The summed E-state index contributed by atoms with van der Waals surface area (Å²) < 4.78 is 0. The van der Waals surface area contributed by atoms with Crippen LogP contribution < -0.4 is 5.73 Å². The van der Waals surface area contributed by atoms with Gasteiger partial charge in [-0.25, -0.2) is 0 Å². The molecule has 1 aromatic rings. The number of nitrogens with two attached hydrogens (primary N) is 1. The van der Waals surface area contributed by atoms with Gasteiger partial charge in [0.15, 0.2) is 0 Å². The van der Waals surface area contributed by atoms with E-state index < -0.39 is 0 Å². The predicted octanol–water partition coefficient (Wildman–Crippen LogP) is 1.64. The summed E-state index contributed by atoms with van der Waals surface area (Å²) in [6.45, 7) is 2.02. The van der Waals surface area contributed by atoms with Gasteiger partial charge in [-0.3, -0.25) is 4.79 Å². The molecule has 0 aliphatic carbocycles. The zero-order chi connectivity index (χ0) is 12.8. The van der Waals surface area contributed by atoms with Gasteiger partial charge in [0.05, 0.1) is 6.54 Å². The Morgan fingerprint density at radius 1 is 1.44 bits per heavy atom. The average molecular weight is 280 g/mol. The Morgan fingerprint density at radius 2 is 2.33 bits per heavy atom. The molecule has 0 aromatic carbocycles. The minimum Gasteiger partial charge on any atom is -0.337 e. The van der Waals surface area contributed by atoms with E-state index in [2.05, 4.69) is 11.8 Å². The van der Waals surface area contributed by atoms with E-state index in [1.807, 2.05) is 28.1 Å². The number of carbonyl (C=O) groups excluding carboxylic acids is 1. The normalized spacial score (nSPS) is 15.7. The van der Waals surface area contributed by atoms with Crippen molar-refractivity contribution in [1.82, 2.24) is 4.90 Å². The first-order valence-electron chi connectivity index (χ1n) is 5.96. The summed E-state index contributed by atoms with van der Waals surface area (Å²) in [6, 6.07) is 1.90. The van der Waals surface area contributed by atoms with Crippen LogP contribution in [0.2, 0.25) is 0 Å². The fourth-order valence-electron chi connectivity index (χ4n) is 1.81. The van der Waals surface area contributed by atoms with Crippen LogP contribution in [0.4, 0.5) is 0 Å². The van der Waals surface area contributed by atoms with E-state index in [4.69, 9.17) is 5.73 Å². The van der Waals surface area contributed by atoms with E-state index in [0.717, 1.165) is 41.5 Å². The van der Waals surface area contributed by atoms with Gasteiger partial charge in [0, 0.05) is 24.4 Å². The van der Waals surface area contributed by atoms with E-state index in [1.165, 1.54) is 11.3 Å². The summed E-state index contributed by atoms with van der Waals surface area (Å²) in [4.78, 5) is 15.1. The highest BCUT2D eigenvalue weighted by Gasteiger charge is 2.20. The van der Waals surface area contributed by atoms with E-state index >= 15 is 0 Å². The molecule has 0 saturated carbocycles. The molecule has 0 bridgehead atoms. The molecule has 2 N–H and O–H groups in total. The van der Waals surface area contributed by atoms with Crippen LogP contribution in [-0.2, 0) is 0 Å². The van der Waals surface area contributed by atoms with Gasteiger partial charge in [-0.1, -0.05) is 11.8 Å². The summed E-state index contributed by atoms with van der Waals surface area (Å²) in [5, 5.41) is 1.92. The first kappa shape index (κ1) is 13.5. The number of nitrogens with zero attached hydrogens (tertiary/aromatic N) is 1. The number of hydrogen-bond donors (Lipinski definition) is 1. The van der Waals surface area contributed by atoms with Gasteiger partial charge in [0.1, 0.15) is 4.88 Å². The molecular formula is C13H16N2OS2. The summed E-state index contributed by atoms with van der Waals surface area (Å²) in [7, 11) is 0. The van der Waals surface area contributed by atoms with Crippen LogP contribution >= 0.6 is 23.1 Å². The molecule has 2 rings (SSSR count). The summed E-state index contributed by atoms with van der Waals surface area (Å²) in [5.41, 5.74) is 6.18. The van der Waals surface area contributed by atoms with Gasteiger partial charge in [-0.15, -0.1) is 11.3 Å². The third kappa shape index (κ3) is 3.29. The molecule has 3 nitrogen and oxygen atoms in total. The molecule has 1 aliphatic rings. The Morgan fingerprint density at radius 3 is 3.17 bits per heavy atom. The molecule has 1 aromatic heterocycles. The van der Waals surface area contributed by atoms with Crippen LogP contribution in [0.25, 0.3) is 0 Å². The summed E-state index contributed by atoms with van der Waals surface area (Å²) >= 11 is 3.38. The maximum Gasteiger partial charge on any atom is 0.265 e. The Balaban J connectivity index is 2.14. The van der Waals surface area contributed by atoms with E-state index in [1.54, 1.807) is 0 Å². The van der Waals surface area contributed by atoms with Gasteiger partial charge >= 0.3 is 0 Å². The van der Waals surface area contributed by atoms with Gasteiger partial charge in [0.25, 0.3) is 5.91 Å². The van der Waals surface area contributed by atoms with Crippen molar-refractivity contribution >= 4 is 29.0 Å². The number of rotatable bonds is 1.